The van der Waals surface area contributed by atoms with E-state index in [-0.39, 0.29) is 5.41 Å². The molecule has 0 fully saturated rings. The van der Waals surface area contributed by atoms with E-state index in [0.29, 0.717) is 5.71 Å². The van der Waals surface area contributed by atoms with Crippen LogP contribution < -0.4 is 0 Å². The molecule has 8 aromatic carbocycles. The van der Waals surface area contributed by atoms with Gasteiger partial charge in [0.2, 0.25) is 0 Å². The van der Waals surface area contributed by atoms with E-state index in [0.717, 1.165) is 55.4 Å². The van der Waals surface area contributed by atoms with E-state index < -0.39 is 0 Å². The summed E-state index contributed by atoms with van der Waals surface area (Å²) in [6.45, 7) is 4.71. The van der Waals surface area contributed by atoms with Crippen molar-refractivity contribution in [2.45, 2.75) is 19.3 Å². The first-order valence-electron chi connectivity index (χ1n) is 20.1. The Morgan fingerprint density at radius 1 is 0.542 bits per heavy atom. The van der Waals surface area contributed by atoms with Gasteiger partial charge in [0, 0.05) is 29.6 Å². The number of aliphatic imine (C=N–C) groups is 1. The van der Waals surface area contributed by atoms with Crippen molar-refractivity contribution in [3.05, 3.63) is 228 Å². The molecule has 0 radical (unpaired) electrons. The van der Waals surface area contributed by atoms with Crippen molar-refractivity contribution >= 4 is 39.2 Å². The maximum Gasteiger partial charge on any atom is 0.0729 e. The highest BCUT2D eigenvalue weighted by atomic mass is 14.7. The molecule has 0 aliphatic heterocycles. The van der Waals surface area contributed by atoms with Gasteiger partial charge in [0.05, 0.1) is 11.4 Å². The molecular weight excluding hydrogens is 715 g/mol. The molecule has 3 nitrogen and oxygen atoms in total. The molecule has 59 heavy (non-hydrogen) atoms. The fourth-order valence-corrected chi connectivity index (χ4v) is 8.79. The van der Waals surface area contributed by atoms with Crippen LogP contribution in [0.2, 0.25) is 0 Å². The summed E-state index contributed by atoms with van der Waals surface area (Å²) in [4.78, 5) is 9.33. The average Bonchev–Trinajstić information content (AvgIpc) is 3.53. The highest BCUT2D eigenvalue weighted by molar-refractivity contribution is 6.13. The molecule has 280 valence electrons. The zero-order valence-electron chi connectivity index (χ0n) is 33.0. The number of nitrogens with one attached hydrogen (secondary N) is 1. The lowest BCUT2D eigenvalue weighted by atomic mass is 9.81. The van der Waals surface area contributed by atoms with E-state index in [1.165, 1.54) is 44.2 Å². The third-order valence-corrected chi connectivity index (χ3v) is 11.9. The Hall–Kier alpha value is -7.49. The zero-order chi connectivity index (χ0) is 39.9. The minimum atomic E-state index is -0.109. The number of aromatic nitrogens is 1. The van der Waals surface area contributed by atoms with Crippen LogP contribution in [0.3, 0.4) is 0 Å². The van der Waals surface area contributed by atoms with E-state index in [4.69, 9.17) is 4.99 Å². The molecule has 1 N–H and O–H groups in total. The Morgan fingerprint density at radius 3 is 2.05 bits per heavy atom. The second-order valence-corrected chi connectivity index (χ2v) is 15.8. The van der Waals surface area contributed by atoms with E-state index >= 15 is 0 Å². The van der Waals surface area contributed by atoms with Gasteiger partial charge < -0.3 is 5.41 Å². The molecule has 0 bridgehead atoms. The van der Waals surface area contributed by atoms with Crippen LogP contribution in [-0.2, 0) is 5.41 Å². The summed E-state index contributed by atoms with van der Waals surface area (Å²) in [6.07, 6.45) is 7.40. The number of benzene rings is 8. The summed E-state index contributed by atoms with van der Waals surface area (Å²) in [7, 11) is 0. The van der Waals surface area contributed by atoms with Crippen molar-refractivity contribution in [3.63, 3.8) is 0 Å². The van der Waals surface area contributed by atoms with Crippen LogP contribution in [0.15, 0.2) is 205 Å². The van der Waals surface area contributed by atoms with Crippen molar-refractivity contribution in [2.24, 2.45) is 4.99 Å². The topological polar surface area (TPSA) is 49.1 Å². The Morgan fingerprint density at radius 2 is 1.24 bits per heavy atom. The highest BCUT2D eigenvalue weighted by Crippen LogP contribution is 2.52. The number of pyridine rings is 1. The number of fused-ring (bicyclic) bond motifs is 6. The third kappa shape index (κ3) is 6.57. The molecule has 1 aromatic heterocycles. The molecule has 3 heteroatoms. The lowest BCUT2D eigenvalue weighted by molar-refractivity contribution is 0.661. The van der Waals surface area contributed by atoms with Crippen molar-refractivity contribution < 1.29 is 0 Å². The molecule has 0 unspecified atom stereocenters. The maximum absolute atomic E-state index is 9.24. The smallest absolute Gasteiger partial charge is 0.0729 e. The second-order valence-electron chi connectivity index (χ2n) is 15.8. The number of hydrogen-bond acceptors (Lipinski definition) is 3. The van der Waals surface area contributed by atoms with Crippen LogP contribution in [0.4, 0.5) is 0 Å². The largest absolute Gasteiger partial charge is 0.300 e. The zero-order valence-corrected chi connectivity index (χ0v) is 33.0. The number of allylic oxidation sites excluding steroid dienone is 1. The monoisotopic (exact) mass is 755 g/mol. The van der Waals surface area contributed by atoms with Crippen LogP contribution in [0.1, 0.15) is 41.7 Å². The van der Waals surface area contributed by atoms with Crippen molar-refractivity contribution in [2.75, 3.05) is 0 Å². The minimum Gasteiger partial charge on any atom is -0.300 e. The Bertz CT molecular complexity index is 3120. The summed E-state index contributed by atoms with van der Waals surface area (Å²) < 4.78 is 0. The fourth-order valence-electron chi connectivity index (χ4n) is 8.79. The predicted molar refractivity (Wildman–Crippen MR) is 248 cm³/mol. The van der Waals surface area contributed by atoms with Crippen LogP contribution in [-0.4, -0.2) is 16.9 Å². The quantitative estimate of drug-likeness (QED) is 0.154. The molecule has 1 heterocycles. The Kier molecular flexibility index (Phi) is 8.99. The minimum absolute atomic E-state index is 0.109. The van der Waals surface area contributed by atoms with Crippen molar-refractivity contribution in [1.29, 1.82) is 5.41 Å². The molecule has 1 aliphatic rings. The Balaban J connectivity index is 1.03. The van der Waals surface area contributed by atoms with E-state index in [2.05, 4.69) is 134 Å². The summed E-state index contributed by atoms with van der Waals surface area (Å²) in [5.41, 5.74) is 16.0. The van der Waals surface area contributed by atoms with Gasteiger partial charge in [-0.1, -0.05) is 178 Å². The first kappa shape index (κ1) is 35.9. The first-order valence-corrected chi connectivity index (χ1v) is 20.1. The fraction of sp³-hybridized carbons (Fsp3) is 0.0536. The predicted octanol–water partition coefficient (Wildman–Crippen LogP) is 14.2. The molecule has 0 saturated heterocycles. The van der Waals surface area contributed by atoms with E-state index in [9.17, 15) is 5.41 Å². The normalized spacial score (nSPS) is 13.2. The van der Waals surface area contributed by atoms with Gasteiger partial charge in [-0.2, -0.15) is 0 Å². The summed E-state index contributed by atoms with van der Waals surface area (Å²) in [5.74, 6) is 0. The summed E-state index contributed by atoms with van der Waals surface area (Å²) in [6, 6.07) is 64.4. The number of rotatable bonds is 8. The lowest BCUT2D eigenvalue weighted by Crippen LogP contribution is -2.15. The van der Waals surface area contributed by atoms with Crippen LogP contribution in [0.5, 0.6) is 0 Å². The Labute approximate surface area is 345 Å². The first-order chi connectivity index (χ1) is 28.9. The molecule has 9 aromatic rings. The van der Waals surface area contributed by atoms with Gasteiger partial charge in [0.25, 0.3) is 0 Å². The van der Waals surface area contributed by atoms with Gasteiger partial charge in [0.15, 0.2) is 0 Å². The SMILES string of the molecule is CC1(C)c2cc(-c3cccc(-c4ccc(/C(=C/C(=N)c5ccc(-c6cccnc6)cc5)N=Cc5ccccc5)c5ccccc45)c3)ccc2-c2c1ccc1ccccc21. The summed E-state index contributed by atoms with van der Waals surface area (Å²) >= 11 is 0. The average molecular weight is 756 g/mol. The molecule has 0 saturated carbocycles. The van der Waals surface area contributed by atoms with Crippen molar-refractivity contribution in [3.8, 4) is 44.5 Å². The van der Waals surface area contributed by atoms with Gasteiger partial charge in [-0.3, -0.25) is 9.98 Å². The molecular formula is C56H41N3. The lowest BCUT2D eigenvalue weighted by Gasteiger charge is -2.22. The third-order valence-electron chi connectivity index (χ3n) is 11.9. The van der Waals surface area contributed by atoms with E-state index in [1.807, 2.05) is 85.2 Å². The standard InChI is InChI=1S/C56H41N3/c1-56(2)51-30-26-39-14-6-7-18-46(39)55(51)50-27-25-42(33-52(50)56)41-15-10-16-43(32-41)45-28-29-49(48-20-9-8-19-47(45)48)54(59-35-37-12-4-3-5-13-37)34-53(57)40-23-21-38(22-24-40)44-17-11-31-58-36-44/h3-36,57H,1-2H3/b54-34-,57-53?,59-35?. The number of nitrogens with zero attached hydrogens (tertiary/aromatic N) is 2. The van der Waals surface area contributed by atoms with Gasteiger partial charge in [-0.25, -0.2) is 0 Å². The van der Waals surface area contributed by atoms with E-state index in [1.54, 1.807) is 6.20 Å². The van der Waals surface area contributed by atoms with Crippen molar-refractivity contribution in [1.82, 2.24) is 4.98 Å². The van der Waals surface area contributed by atoms with Gasteiger partial charge in [0.1, 0.15) is 0 Å². The molecule has 1 aliphatic carbocycles. The molecule has 0 atom stereocenters. The molecule has 0 spiro atoms. The van der Waals surface area contributed by atoms with Crippen LogP contribution >= 0.6 is 0 Å². The van der Waals surface area contributed by atoms with Crippen LogP contribution in [0.25, 0.3) is 71.7 Å². The molecule has 10 rings (SSSR count). The van der Waals surface area contributed by atoms with Gasteiger partial charge in [-0.15, -0.1) is 0 Å². The number of hydrogen-bond donors (Lipinski definition) is 1. The highest BCUT2D eigenvalue weighted by Gasteiger charge is 2.36. The van der Waals surface area contributed by atoms with Gasteiger partial charge >= 0.3 is 0 Å². The summed E-state index contributed by atoms with van der Waals surface area (Å²) in [5, 5.41) is 14.0. The second kappa shape index (κ2) is 14.8. The maximum atomic E-state index is 9.24. The van der Waals surface area contributed by atoms with Crippen LogP contribution in [0, 0.1) is 5.41 Å². The van der Waals surface area contributed by atoms with Gasteiger partial charge in [-0.05, 0) is 113 Å². The molecule has 0 amide bonds.